The fourth-order valence-corrected chi connectivity index (χ4v) is 7.28. The summed E-state index contributed by atoms with van der Waals surface area (Å²) in [4.78, 5) is 25.7. The number of hydrogen-bond donors (Lipinski definition) is 4. The van der Waals surface area contributed by atoms with Crippen molar-refractivity contribution in [2.45, 2.75) is 132 Å². The Morgan fingerprint density at radius 1 is 0.559 bits per heavy atom. The third-order valence-electron chi connectivity index (χ3n) is 11.2. The molecule has 59 heavy (non-hydrogen) atoms. The van der Waals surface area contributed by atoms with Crippen LogP contribution in [0.25, 0.3) is 12.2 Å². The molecule has 12 heteroatoms. The van der Waals surface area contributed by atoms with Gasteiger partial charge in [-0.1, -0.05) is 107 Å². The molecule has 2 aromatic rings. The Bertz CT molecular complexity index is 1870. The van der Waals surface area contributed by atoms with Crippen LogP contribution in [0, 0.1) is 50.4 Å². The Morgan fingerprint density at radius 2 is 0.983 bits per heavy atom. The molecule has 0 aromatic heterocycles. The molecule has 320 valence electrons. The molecule has 3 aliphatic heterocycles. The van der Waals surface area contributed by atoms with E-state index in [0.717, 1.165) is 22.3 Å². The van der Waals surface area contributed by atoms with Crippen molar-refractivity contribution in [2.24, 2.45) is 29.6 Å². The number of hydrogen-bond acceptors (Lipinski definition) is 11. The topological polar surface area (TPSA) is 182 Å². The van der Waals surface area contributed by atoms with Gasteiger partial charge in [-0.05, 0) is 76.8 Å². The summed E-state index contributed by atoms with van der Waals surface area (Å²) in [6.45, 7) is 23.3. The number of aromatic hydroxyl groups is 1. The summed E-state index contributed by atoms with van der Waals surface area (Å²) >= 11 is 0. The maximum Gasteiger partial charge on any atom is 1.00 e. The third-order valence-corrected chi connectivity index (χ3v) is 11.2. The molecule has 5 rings (SSSR count). The number of benzene rings is 2. The molecule has 0 amide bonds. The van der Waals surface area contributed by atoms with Crippen LogP contribution in [0.5, 0.6) is 5.75 Å². The van der Waals surface area contributed by atoms with E-state index >= 15 is 0 Å². The number of phenols is 1. The number of fused-ring (bicyclic) bond motifs is 3. The Hall–Kier alpha value is -3.10. The van der Waals surface area contributed by atoms with Gasteiger partial charge in [0.05, 0.1) is 23.9 Å². The normalized spacial score (nSPS) is 34.4. The summed E-state index contributed by atoms with van der Waals surface area (Å²) in [6.07, 6.45) is 10.0. The van der Waals surface area contributed by atoms with Crippen LogP contribution in [-0.4, -0.2) is 86.4 Å². The van der Waals surface area contributed by atoms with Crippen molar-refractivity contribution in [2.75, 3.05) is 0 Å². The number of cyclic esters (lactones) is 2. The molecule has 4 unspecified atom stereocenters. The van der Waals surface area contributed by atoms with E-state index in [9.17, 15) is 30.0 Å². The molecule has 1 saturated heterocycles. The van der Waals surface area contributed by atoms with Crippen molar-refractivity contribution < 1.29 is 84.0 Å². The van der Waals surface area contributed by atoms with Crippen LogP contribution in [0.15, 0.2) is 60.7 Å². The quantitative estimate of drug-likeness (QED) is 0.162. The van der Waals surface area contributed by atoms with Gasteiger partial charge in [-0.15, -0.1) is 0 Å². The smallest absolute Gasteiger partial charge is 0.870 e. The zero-order valence-corrected chi connectivity index (χ0v) is 39.0. The van der Waals surface area contributed by atoms with Crippen molar-refractivity contribution >= 4 is 24.1 Å². The van der Waals surface area contributed by atoms with Gasteiger partial charge in [-0.2, -0.15) is 0 Å². The van der Waals surface area contributed by atoms with Crippen molar-refractivity contribution in [3.05, 3.63) is 99.7 Å². The van der Waals surface area contributed by atoms with E-state index in [-0.39, 0.29) is 94.3 Å². The van der Waals surface area contributed by atoms with Crippen LogP contribution >= 0.6 is 0 Å². The molecule has 11 nitrogen and oxygen atoms in total. The van der Waals surface area contributed by atoms with Gasteiger partial charge in [-0.3, -0.25) is 0 Å². The summed E-state index contributed by atoms with van der Waals surface area (Å²) in [6, 6.07) is 7.30. The molecule has 0 spiro atoms. The number of aliphatic hydroxyl groups excluding tert-OH is 3. The standard InChI is InChI=1S/C26H36O4.C21H28O6.Na.H2O/c1-15-13-19(5)22-21(14-15)12-11-18(4)24-23(29-26(7,8)30-24)17(3)10-9-16(2)20(6)28-25(22)27;1-11-9-15-7-5-13(3)19(24)20(25)16(22)8-6-12(2)14(4)27-21(26)18(15)17(23)10-11;;/h9-14,16-18,20,23-24H,1-8H3;5-10,12-14,16,19-20,22-25H,1-4H3;;1H2/q;;+1;/p-1/b10-9-,12-11+;7-5+,8-6-;;/t16-,17?,18?,20+,23-,24+;12-,13?,14+,16?,19+,20-;;/m11../s1. The number of aliphatic hydroxyl groups is 3. The van der Waals surface area contributed by atoms with E-state index in [2.05, 4.69) is 39.0 Å². The van der Waals surface area contributed by atoms with E-state index < -0.39 is 42.1 Å². The van der Waals surface area contributed by atoms with E-state index in [1.54, 1.807) is 52.0 Å². The largest absolute Gasteiger partial charge is 1.00 e. The summed E-state index contributed by atoms with van der Waals surface area (Å²) in [5.74, 6) is -2.07. The fraction of sp³-hybridized carbons (Fsp3) is 0.532. The Balaban J connectivity index is 0.000000396. The van der Waals surface area contributed by atoms with Crippen molar-refractivity contribution in [1.29, 1.82) is 0 Å². The first-order valence-corrected chi connectivity index (χ1v) is 20.1. The van der Waals surface area contributed by atoms with Crippen LogP contribution in [0.2, 0.25) is 0 Å². The zero-order chi connectivity index (χ0) is 42.5. The molecular formula is C47H65NaO11. The minimum Gasteiger partial charge on any atom is -0.870 e. The van der Waals surface area contributed by atoms with Gasteiger partial charge in [0.2, 0.25) is 0 Å². The molecule has 1 fully saturated rings. The molecule has 5 N–H and O–H groups in total. The molecule has 0 aliphatic carbocycles. The molecule has 0 radical (unpaired) electrons. The average Bonchev–Trinajstić information content (AvgIpc) is 3.47. The fourth-order valence-electron chi connectivity index (χ4n) is 7.28. The predicted molar refractivity (Wildman–Crippen MR) is 224 cm³/mol. The first-order valence-electron chi connectivity index (χ1n) is 20.1. The summed E-state index contributed by atoms with van der Waals surface area (Å²) in [5.41, 5.74) is 4.85. The summed E-state index contributed by atoms with van der Waals surface area (Å²) in [5, 5.41) is 40.9. The average molecular weight is 829 g/mol. The van der Waals surface area contributed by atoms with Crippen LogP contribution in [0.3, 0.4) is 0 Å². The molecule has 3 heterocycles. The van der Waals surface area contributed by atoms with Gasteiger partial charge < -0.3 is 44.8 Å². The minimum absolute atomic E-state index is 0. The van der Waals surface area contributed by atoms with Crippen molar-refractivity contribution in [1.82, 2.24) is 0 Å². The predicted octanol–water partition coefficient (Wildman–Crippen LogP) is 4.87. The number of phenolic OH excluding ortho intramolecular Hbond substituents is 1. The number of aryl methyl sites for hydroxylation is 3. The Kier molecular flexibility index (Phi) is 19.5. The molecule has 2 aromatic carbocycles. The third kappa shape index (κ3) is 13.4. The summed E-state index contributed by atoms with van der Waals surface area (Å²) < 4.78 is 23.9. The number of carbonyl (C=O) groups excluding carboxylic acids is 2. The monoisotopic (exact) mass is 828 g/mol. The first kappa shape index (κ1) is 52.0. The van der Waals surface area contributed by atoms with Gasteiger partial charge in [0.25, 0.3) is 0 Å². The maximum absolute atomic E-state index is 13.1. The van der Waals surface area contributed by atoms with E-state index in [0.29, 0.717) is 11.1 Å². The van der Waals surface area contributed by atoms with Crippen LogP contribution in [0.4, 0.5) is 0 Å². The van der Waals surface area contributed by atoms with E-state index in [1.807, 2.05) is 52.8 Å². The van der Waals surface area contributed by atoms with Gasteiger partial charge in [0.1, 0.15) is 35.7 Å². The SMILES string of the molecule is Cc1cc(C)c2c(c1)/C=C/C(C)[C@@H]1OC(C)(C)O[C@@H]1C(C)/C=C\[C@@H](C)[C@H](C)OC2=O.Cc1cc(O)c2c(c1)/C=C/C(C)[C@H](O)[C@H](O)C(O)/C=C\[C@@H](C)[C@H](C)OC2=O.[Na+].[OH-]. The van der Waals surface area contributed by atoms with Crippen LogP contribution in [-0.2, 0) is 18.9 Å². The first-order chi connectivity index (χ1) is 26.6. The molecule has 0 bridgehead atoms. The molecular weight excluding hydrogens is 763 g/mol. The number of rotatable bonds is 0. The molecule has 3 aliphatic rings. The second-order valence-corrected chi connectivity index (χ2v) is 16.8. The Labute approximate surface area is 372 Å². The number of ether oxygens (including phenoxy) is 4. The minimum atomic E-state index is -1.36. The van der Waals surface area contributed by atoms with Crippen molar-refractivity contribution in [3.8, 4) is 5.75 Å². The summed E-state index contributed by atoms with van der Waals surface area (Å²) in [7, 11) is 0. The van der Waals surface area contributed by atoms with E-state index in [1.165, 1.54) is 12.1 Å². The number of esters is 2. The van der Waals surface area contributed by atoms with Crippen LogP contribution < -0.4 is 29.6 Å². The maximum atomic E-state index is 13.1. The zero-order valence-electron chi connectivity index (χ0n) is 37.0. The van der Waals surface area contributed by atoms with E-state index in [4.69, 9.17) is 18.9 Å². The molecule has 0 saturated carbocycles. The second-order valence-electron chi connectivity index (χ2n) is 16.8. The van der Waals surface area contributed by atoms with Gasteiger partial charge in [0, 0.05) is 29.6 Å². The van der Waals surface area contributed by atoms with Crippen molar-refractivity contribution in [3.63, 3.8) is 0 Å². The second kappa shape index (κ2) is 22.1. The van der Waals surface area contributed by atoms with Gasteiger partial charge in [0.15, 0.2) is 5.79 Å². The Morgan fingerprint density at radius 3 is 1.53 bits per heavy atom. The molecule has 12 atom stereocenters. The van der Waals surface area contributed by atoms with Gasteiger partial charge >= 0.3 is 41.5 Å². The van der Waals surface area contributed by atoms with Gasteiger partial charge in [-0.25, -0.2) is 9.59 Å². The number of carbonyl (C=O) groups is 2. The van der Waals surface area contributed by atoms with Crippen LogP contribution in [0.1, 0.15) is 111 Å².